The van der Waals surface area contributed by atoms with E-state index in [-0.39, 0.29) is 5.78 Å². The summed E-state index contributed by atoms with van der Waals surface area (Å²) >= 11 is 6.40. The van der Waals surface area contributed by atoms with Crippen molar-refractivity contribution in [3.05, 3.63) is 27.8 Å². The molecule has 3 heteroatoms. The molecule has 1 atom stereocenters. The molecule has 0 bridgehead atoms. The smallest absolute Gasteiger partial charge is 0.129 e. The van der Waals surface area contributed by atoms with Crippen molar-refractivity contribution in [2.45, 2.75) is 59.8 Å². The van der Waals surface area contributed by atoms with E-state index in [2.05, 4.69) is 6.92 Å². The summed E-state index contributed by atoms with van der Waals surface area (Å²) in [5.41, 5.74) is 3.30. The third-order valence-corrected chi connectivity index (χ3v) is 4.32. The van der Waals surface area contributed by atoms with Crippen LogP contribution in [0.5, 0.6) is 5.75 Å². The number of halogens is 1. The lowest BCUT2D eigenvalue weighted by Crippen LogP contribution is -2.08. The van der Waals surface area contributed by atoms with Gasteiger partial charge in [0.2, 0.25) is 0 Å². The summed E-state index contributed by atoms with van der Waals surface area (Å²) in [6, 6.07) is 2.02. The fraction of sp³-hybridized carbons (Fsp3) is 0.588. The Kier molecular flexibility index (Phi) is 6.54. The largest absolute Gasteiger partial charge is 0.494 e. The summed E-state index contributed by atoms with van der Waals surface area (Å²) in [5.74, 6) is 1.47. The van der Waals surface area contributed by atoms with Crippen LogP contribution in [-0.2, 0) is 4.79 Å². The van der Waals surface area contributed by atoms with Gasteiger partial charge in [-0.15, -0.1) is 0 Å². The molecule has 0 aliphatic carbocycles. The lowest BCUT2D eigenvalue weighted by atomic mass is 9.86. The number of carbonyl (C=O) groups is 1. The molecule has 0 aliphatic rings. The summed E-state index contributed by atoms with van der Waals surface area (Å²) in [6.45, 7) is 10.5. The van der Waals surface area contributed by atoms with Crippen LogP contribution in [0.15, 0.2) is 6.07 Å². The molecule has 0 heterocycles. The van der Waals surface area contributed by atoms with Crippen molar-refractivity contribution in [1.29, 1.82) is 0 Å². The summed E-state index contributed by atoms with van der Waals surface area (Å²) in [5, 5.41) is 0.810. The first kappa shape index (κ1) is 17.0. The van der Waals surface area contributed by atoms with E-state index in [0.717, 1.165) is 34.7 Å². The van der Waals surface area contributed by atoms with Gasteiger partial charge in [0.05, 0.1) is 6.61 Å². The maximum absolute atomic E-state index is 11.3. The predicted molar refractivity (Wildman–Crippen MR) is 85.0 cm³/mol. The first-order valence-electron chi connectivity index (χ1n) is 7.34. The molecule has 0 saturated carbocycles. The number of hydrogen-bond donors (Lipinski definition) is 0. The normalized spacial score (nSPS) is 12.3. The molecule has 0 aromatic heterocycles. The van der Waals surface area contributed by atoms with Crippen molar-refractivity contribution >= 4 is 17.4 Å². The van der Waals surface area contributed by atoms with Crippen LogP contribution in [0.25, 0.3) is 0 Å². The lowest BCUT2D eigenvalue weighted by Gasteiger charge is -2.23. The second kappa shape index (κ2) is 7.68. The highest BCUT2D eigenvalue weighted by atomic mass is 35.5. The number of Topliss-reactive ketones (excluding diaryl/α,β-unsaturated/α-hetero) is 1. The van der Waals surface area contributed by atoms with Crippen molar-refractivity contribution in [2.75, 3.05) is 6.61 Å². The van der Waals surface area contributed by atoms with E-state index in [1.807, 2.05) is 26.8 Å². The van der Waals surface area contributed by atoms with E-state index in [4.69, 9.17) is 16.3 Å². The quantitative estimate of drug-likeness (QED) is 0.689. The van der Waals surface area contributed by atoms with Crippen LogP contribution >= 0.6 is 11.6 Å². The molecule has 0 fully saturated rings. The number of ether oxygens (including phenoxy) is 1. The third kappa shape index (κ3) is 3.99. The number of rotatable bonds is 7. The summed E-state index contributed by atoms with van der Waals surface area (Å²) in [7, 11) is 0. The molecule has 0 radical (unpaired) electrons. The first-order chi connectivity index (χ1) is 9.42. The fourth-order valence-electron chi connectivity index (χ4n) is 2.65. The molecule has 0 spiro atoms. The predicted octanol–water partition coefficient (Wildman–Crippen LogP) is 5.22. The molecule has 1 rings (SSSR count). The van der Waals surface area contributed by atoms with Crippen molar-refractivity contribution in [3.63, 3.8) is 0 Å². The van der Waals surface area contributed by atoms with Crippen LogP contribution in [0.4, 0.5) is 0 Å². The Bertz CT molecular complexity index is 480. The average molecular weight is 297 g/mol. The van der Waals surface area contributed by atoms with Crippen LogP contribution in [0.1, 0.15) is 62.6 Å². The molecule has 0 saturated heterocycles. The second-order valence-electron chi connectivity index (χ2n) is 5.32. The van der Waals surface area contributed by atoms with E-state index in [1.54, 1.807) is 6.92 Å². The molecule has 0 N–H and O–H groups in total. The highest BCUT2D eigenvalue weighted by molar-refractivity contribution is 6.32. The van der Waals surface area contributed by atoms with Gasteiger partial charge in [0.25, 0.3) is 0 Å². The molecular weight excluding hydrogens is 272 g/mol. The summed E-state index contributed by atoms with van der Waals surface area (Å²) in [4.78, 5) is 11.3. The minimum atomic E-state index is 0.234. The van der Waals surface area contributed by atoms with Gasteiger partial charge < -0.3 is 9.53 Å². The van der Waals surface area contributed by atoms with E-state index in [9.17, 15) is 4.79 Å². The number of benzene rings is 1. The number of ketones is 1. The Morgan fingerprint density at radius 2 is 2.00 bits per heavy atom. The highest BCUT2D eigenvalue weighted by Crippen LogP contribution is 2.39. The minimum Gasteiger partial charge on any atom is -0.494 e. The molecule has 0 amide bonds. The van der Waals surface area contributed by atoms with Gasteiger partial charge >= 0.3 is 0 Å². The third-order valence-electron chi connectivity index (χ3n) is 3.74. The van der Waals surface area contributed by atoms with Crippen LogP contribution in [0.3, 0.4) is 0 Å². The summed E-state index contributed by atoms with van der Waals surface area (Å²) in [6.07, 6.45) is 2.44. The van der Waals surface area contributed by atoms with Gasteiger partial charge in [-0.3, -0.25) is 0 Å². The molecule has 112 valence electrons. The van der Waals surface area contributed by atoms with E-state index in [1.165, 1.54) is 5.56 Å². The molecule has 0 aliphatic heterocycles. The Morgan fingerprint density at radius 3 is 2.50 bits per heavy atom. The zero-order chi connectivity index (χ0) is 15.3. The van der Waals surface area contributed by atoms with E-state index >= 15 is 0 Å². The molecule has 2 nitrogen and oxygen atoms in total. The van der Waals surface area contributed by atoms with Crippen molar-refractivity contribution in [2.24, 2.45) is 0 Å². The number of aryl methyl sites for hydroxylation is 1. The van der Waals surface area contributed by atoms with Crippen LogP contribution in [-0.4, -0.2) is 12.4 Å². The zero-order valence-corrected chi connectivity index (χ0v) is 13.9. The van der Waals surface area contributed by atoms with Gasteiger partial charge in [0.1, 0.15) is 11.5 Å². The maximum Gasteiger partial charge on any atom is 0.129 e. The SMILES string of the molecule is CCOc1cc(C)c(Cl)c(C)c1C(CC)CCC(C)=O. The molecule has 1 aromatic rings. The molecule has 20 heavy (non-hydrogen) atoms. The Morgan fingerprint density at radius 1 is 1.35 bits per heavy atom. The highest BCUT2D eigenvalue weighted by Gasteiger charge is 2.20. The maximum atomic E-state index is 11.3. The second-order valence-corrected chi connectivity index (χ2v) is 5.70. The standard InChI is InChI=1S/C17H25ClO2/c1-6-14(9-8-12(4)19)16-13(5)17(18)11(3)10-15(16)20-7-2/h10,14H,6-9H2,1-5H3. The van der Waals surface area contributed by atoms with E-state index in [0.29, 0.717) is 18.9 Å². The lowest BCUT2D eigenvalue weighted by molar-refractivity contribution is -0.117. The molecule has 1 aromatic carbocycles. The van der Waals surface area contributed by atoms with Gasteiger partial charge in [-0.2, -0.15) is 0 Å². The van der Waals surface area contributed by atoms with Crippen molar-refractivity contribution in [1.82, 2.24) is 0 Å². The number of carbonyl (C=O) groups excluding carboxylic acids is 1. The Labute approximate surface area is 127 Å². The van der Waals surface area contributed by atoms with Gasteiger partial charge in [0.15, 0.2) is 0 Å². The first-order valence-corrected chi connectivity index (χ1v) is 7.71. The van der Waals surface area contributed by atoms with Crippen molar-refractivity contribution in [3.8, 4) is 5.75 Å². The minimum absolute atomic E-state index is 0.234. The average Bonchev–Trinajstić information content (AvgIpc) is 2.39. The topological polar surface area (TPSA) is 26.3 Å². The van der Waals surface area contributed by atoms with Crippen LogP contribution in [0.2, 0.25) is 5.02 Å². The fourth-order valence-corrected chi connectivity index (χ4v) is 2.81. The Balaban J connectivity index is 3.23. The van der Waals surface area contributed by atoms with E-state index < -0.39 is 0 Å². The van der Waals surface area contributed by atoms with Crippen molar-refractivity contribution < 1.29 is 9.53 Å². The monoisotopic (exact) mass is 296 g/mol. The molecule has 1 unspecified atom stereocenters. The zero-order valence-electron chi connectivity index (χ0n) is 13.2. The van der Waals surface area contributed by atoms with Crippen LogP contribution < -0.4 is 4.74 Å². The van der Waals surface area contributed by atoms with Gasteiger partial charge in [-0.05, 0) is 63.6 Å². The van der Waals surface area contributed by atoms with Crippen LogP contribution in [0, 0.1) is 13.8 Å². The summed E-state index contributed by atoms with van der Waals surface area (Å²) < 4.78 is 5.80. The number of hydrogen-bond acceptors (Lipinski definition) is 2. The Hall–Kier alpha value is -1.02. The van der Waals surface area contributed by atoms with Gasteiger partial charge in [-0.1, -0.05) is 18.5 Å². The van der Waals surface area contributed by atoms with Gasteiger partial charge in [0, 0.05) is 17.0 Å². The molecular formula is C17H25ClO2. The van der Waals surface area contributed by atoms with Gasteiger partial charge in [-0.25, -0.2) is 0 Å².